The van der Waals surface area contributed by atoms with Gasteiger partial charge < -0.3 is 19.1 Å². The van der Waals surface area contributed by atoms with Crippen molar-refractivity contribution in [2.45, 2.75) is 38.9 Å². The first-order valence-electron chi connectivity index (χ1n) is 9.74. The van der Waals surface area contributed by atoms with Gasteiger partial charge in [-0.2, -0.15) is 5.26 Å². The fraction of sp³-hybridized carbons (Fsp3) is 0.619. The summed E-state index contributed by atoms with van der Waals surface area (Å²) in [6.07, 6.45) is 0.440. The maximum atomic E-state index is 12.2. The van der Waals surface area contributed by atoms with Crippen LogP contribution in [0.1, 0.15) is 43.6 Å². The Morgan fingerprint density at radius 3 is 2.61 bits per heavy atom. The van der Waals surface area contributed by atoms with Crippen LogP contribution in [0.5, 0.6) is 5.75 Å². The molecule has 7 heteroatoms. The molecule has 1 aromatic rings. The fourth-order valence-electron chi connectivity index (χ4n) is 3.74. The molecule has 1 amide bonds. The molecule has 1 saturated heterocycles. The lowest BCUT2D eigenvalue weighted by Gasteiger charge is -2.38. The minimum atomic E-state index is -0.477. The number of nitrogens with zero attached hydrogens (tertiary/aromatic N) is 3. The highest BCUT2D eigenvalue weighted by Crippen LogP contribution is 2.36. The van der Waals surface area contributed by atoms with Gasteiger partial charge in [-0.25, -0.2) is 4.79 Å². The van der Waals surface area contributed by atoms with Gasteiger partial charge in [0.1, 0.15) is 17.4 Å². The number of nitriles is 1. The van der Waals surface area contributed by atoms with E-state index in [1.807, 2.05) is 26.8 Å². The molecule has 0 spiro atoms. The summed E-state index contributed by atoms with van der Waals surface area (Å²) in [4.78, 5) is 16.3. The number of rotatable bonds is 3. The molecule has 3 rings (SSSR count). The second-order valence-electron chi connectivity index (χ2n) is 8.20. The van der Waals surface area contributed by atoms with Gasteiger partial charge in [0.25, 0.3) is 0 Å². The first-order valence-corrected chi connectivity index (χ1v) is 9.74. The summed E-state index contributed by atoms with van der Waals surface area (Å²) >= 11 is 0. The molecule has 0 radical (unpaired) electrons. The molecule has 2 aliphatic rings. The van der Waals surface area contributed by atoms with E-state index in [0.717, 1.165) is 37.2 Å². The molecule has 1 aromatic carbocycles. The zero-order valence-corrected chi connectivity index (χ0v) is 17.2. The summed E-state index contributed by atoms with van der Waals surface area (Å²) in [6, 6.07) is 5.99. The lowest BCUT2D eigenvalue weighted by atomic mass is 9.93. The summed E-state index contributed by atoms with van der Waals surface area (Å²) < 4.78 is 17.0. The Morgan fingerprint density at radius 2 is 2.00 bits per heavy atom. The number of carbonyl (C=O) groups is 1. The van der Waals surface area contributed by atoms with Gasteiger partial charge >= 0.3 is 6.09 Å². The van der Waals surface area contributed by atoms with Crippen LogP contribution in [0.25, 0.3) is 0 Å². The van der Waals surface area contributed by atoms with Crippen molar-refractivity contribution >= 4 is 6.09 Å². The van der Waals surface area contributed by atoms with Crippen molar-refractivity contribution in [3.05, 3.63) is 28.8 Å². The van der Waals surface area contributed by atoms with Crippen LogP contribution in [0.4, 0.5) is 4.79 Å². The van der Waals surface area contributed by atoms with Crippen LogP contribution in [0.2, 0.25) is 0 Å². The maximum absolute atomic E-state index is 12.2. The fourth-order valence-corrected chi connectivity index (χ4v) is 3.74. The Hall–Kier alpha value is -2.30. The average Bonchev–Trinajstić information content (AvgIpc) is 2.66. The highest BCUT2D eigenvalue weighted by Gasteiger charge is 2.30. The van der Waals surface area contributed by atoms with E-state index < -0.39 is 5.60 Å². The van der Waals surface area contributed by atoms with Crippen molar-refractivity contribution < 1.29 is 19.0 Å². The van der Waals surface area contributed by atoms with Gasteiger partial charge in [-0.1, -0.05) is 6.07 Å². The Kier molecular flexibility index (Phi) is 6.11. The molecule has 28 heavy (non-hydrogen) atoms. The molecule has 0 saturated carbocycles. The third-order valence-electron chi connectivity index (χ3n) is 5.09. The predicted molar refractivity (Wildman–Crippen MR) is 104 cm³/mol. The minimum Gasteiger partial charge on any atom is -0.495 e. The topological polar surface area (TPSA) is 75.0 Å². The molecule has 1 fully saturated rings. The van der Waals surface area contributed by atoms with Crippen LogP contribution in [-0.4, -0.2) is 67.9 Å². The van der Waals surface area contributed by atoms with Crippen LogP contribution >= 0.6 is 0 Å². The van der Waals surface area contributed by atoms with E-state index in [4.69, 9.17) is 14.2 Å². The standard InChI is InChI=1S/C21H29N3O4/c1-21(2,3)28-20(25)24-10-8-23(9-11-24)14-18-16-6-5-15(13-22)19(26-4)17(16)7-12-27-18/h5-6,18H,7-12,14H2,1-4H3. The molecule has 2 heterocycles. The average molecular weight is 387 g/mol. The molecule has 7 nitrogen and oxygen atoms in total. The Bertz CT molecular complexity index is 758. The third-order valence-corrected chi connectivity index (χ3v) is 5.09. The van der Waals surface area contributed by atoms with Crippen LogP contribution < -0.4 is 4.74 Å². The zero-order valence-electron chi connectivity index (χ0n) is 17.2. The molecule has 2 aliphatic heterocycles. The van der Waals surface area contributed by atoms with E-state index in [2.05, 4.69) is 11.0 Å². The normalized spacial score (nSPS) is 20.2. The van der Waals surface area contributed by atoms with E-state index in [0.29, 0.717) is 31.0 Å². The van der Waals surface area contributed by atoms with Gasteiger partial charge in [-0.15, -0.1) is 0 Å². The largest absolute Gasteiger partial charge is 0.495 e. The molecule has 0 aliphatic carbocycles. The summed E-state index contributed by atoms with van der Waals surface area (Å²) in [7, 11) is 1.61. The van der Waals surface area contributed by atoms with Crippen molar-refractivity contribution in [1.82, 2.24) is 9.80 Å². The van der Waals surface area contributed by atoms with Crippen molar-refractivity contribution in [2.75, 3.05) is 46.4 Å². The summed E-state index contributed by atoms with van der Waals surface area (Å²) in [6.45, 7) is 9.85. The molecule has 0 bridgehead atoms. The van der Waals surface area contributed by atoms with E-state index in [-0.39, 0.29) is 12.2 Å². The molecule has 1 atom stereocenters. The highest BCUT2D eigenvalue weighted by molar-refractivity contribution is 5.68. The summed E-state index contributed by atoms with van der Waals surface area (Å²) in [5, 5.41) is 9.31. The second-order valence-corrected chi connectivity index (χ2v) is 8.20. The first kappa shape index (κ1) is 20.4. The van der Waals surface area contributed by atoms with E-state index in [1.54, 1.807) is 18.1 Å². The van der Waals surface area contributed by atoms with Gasteiger partial charge in [0.2, 0.25) is 0 Å². The zero-order chi connectivity index (χ0) is 20.3. The minimum absolute atomic E-state index is 0.0570. The first-order chi connectivity index (χ1) is 13.3. The number of hydrogen-bond acceptors (Lipinski definition) is 6. The third kappa shape index (κ3) is 4.57. The monoisotopic (exact) mass is 387 g/mol. The predicted octanol–water partition coefficient (Wildman–Crippen LogP) is 2.73. The number of hydrogen-bond donors (Lipinski definition) is 0. The van der Waals surface area contributed by atoms with Crippen molar-refractivity contribution in [3.8, 4) is 11.8 Å². The van der Waals surface area contributed by atoms with Crippen molar-refractivity contribution in [1.29, 1.82) is 5.26 Å². The van der Waals surface area contributed by atoms with Crippen LogP contribution in [-0.2, 0) is 15.9 Å². The van der Waals surface area contributed by atoms with Crippen LogP contribution in [0, 0.1) is 11.3 Å². The molecule has 1 unspecified atom stereocenters. The Balaban J connectivity index is 1.63. The van der Waals surface area contributed by atoms with E-state index in [9.17, 15) is 10.1 Å². The Labute approximate surface area is 166 Å². The quantitative estimate of drug-likeness (QED) is 0.794. The second kappa shape index (κ2) is 8.38. The molecule has 152 valence electrons. The Morgan fingerprint density at radius 1 is 1.29 bits per heavy atom. The van der Waals surface area contributed by atoms with Crippen molar-refractivity contribution in [3.63, 3.8) is 0 Å². The van der Waals surface area contributed by atoms with Gasteiger partial charge in [0.15, 0.2) is 0 Å². The highest BCUT2D eigenvalue weighted by atomic mass is 16.6. The lowest BCUT2D eigenvalue weighted by Crippen LogP contribution is -2.51. The van der Waals surface area contributed by atoms with Crippen LogP contribution in [0.3, 0.4) is 0 Å². The summed E-state index contributed by atoms with van der Waals surface area (Å²) in [5.74, 6) is 0.669. The number of benzene rings is 1. The SMILES string of the molecule is COc1c(C#N)ccc2c1CCOC2CN1CCN(C(=O)OC(C)(C)C)CC1. The maximum Gasteiger partial charge on any atom is 0.410 e. The molecule has 0 aromatic heterocycles. The molecular formula is C21H29N3O4. The number of fused-ring (bicyclic) bond motifs is 1. The number of ether oxygens (including phenoxy) is 3. The van der Waals surface area contributed by atoms with Gasteiger partial charge in [0.05, 0.1) is 25.4 Å². The van der Waals surface area contributed by atoms with Crippen LogP contribution in [0.15, 0.2) is 12.1 Å². The molecular weight excluding hydrogens is 358 g/mol. The number of methoxy groups -OCH3 is 1. The lowest BCUT2D eigenvalue weighted by molar-refractivity contribution is -0.00677. The number of carbonyl (C=O) groups excluding carboxylic acids is 1. The van der Waals surface area contributed by atoms with Gasteiger partial charge in [-0.3, -0.25) is 4.90 Å². The van der Waals surface area contributed by atoms with Gasteiger partial charge in [0, 0.05) is 38.3 Å². The van der Waals surface area contributed by atoms with E-state index >= 15 is 0 Å². The number of piperazine rings is 1. The smallest absolute Gasteiger partial charge is 0.410 e. The van der Waals surface area contributed by atoms with Gasteiger partial charge in [-0.05, 0) is 38.8 Å². The van der Waals surface area contributed by atoms with E-state index in [1.165, 1.54) is 0 Å². The molecule has 0 N–H and O–H groups in total. The van der Waals surface area contributed by atoms with Crippen molar-refractivity contribution in [2.24, 2.45) is 0 Å². The number of amides is 1. The summed E-state index contributed by atoms with van der Waals surface area (Å²) in [5.41, 5.74) is 2.25.